The average Bonchev–Trinajstić information content (AvgIpc) is 3.21. The first-order valence-electron chi connectivity index (χ1n) is 14.6. The van der Waals surface area contributed by atoms with E-state index in [2.05, 4.69) is 101 Å². The van der Waals surface area contributed by atoms with Gasteiger partial charge in [0.25, 0.3) is 0 Å². The molecule has 0 fully saturated rings. The highest BCUT2D eigenvalue weighted by Gasteiger charge is 2.18. The lowest BCUT2D eigenvalue weighted by molar-refractivity contribution is -0.645. The van der Waals surface area contributed by atoms with Crippen LogP contribution in [-0.4, -0.2) is 70.1 Å². The Balaban J connectivity index is 1.41. The number of benzene rings is 2. The zero-order chi connectivity index (χ0) is 29.5. The molecule has 0 bridgehead atoms. The second-order valence-corrected chi connectivity index (χ2v) is 11.2. The number of carbonyl (C=O) groups is 1. The highest BCUT2D eigenvalue weighted by atomic mass is 16.1. The number of fused-ring (bicyclic) bond motifs is 2. The molecule has 2 aromatic carbocycles. The number of nitrogens with two attached hydrogens (primary N) is 1. The summed E-state index contributed by atoms with van der Waals surface area (Å²) in [7, 11) is 8.31. The molecule has 4 rings (SSSR count). The van der Waals surface area contributed by atoms with Crippen molar-refractivity contribution in [2.24, 2.45) is 5.73 Å². The maximum absolute atomic E-state index is 12.8. The number of carbonyl (C=O) groups excluding carboxylic acids is 1. The fourth-order valence-electron chi connectivity index (χ4n) is 5.34. The van der Waals surface area contributed by atoms with Gasteiger partial charge in [-0.2, -0.15) is 9.67 Å². The number of hydrogen-bond donors (Lipinski definition) is 3. The van der Waals surface area contributed by atoms with Gasteiger partial charge < -0.3 is 26.2 Å². The van der Waals surface area contributed by atoms with Crippen molar-refractivity contribution in [3.05, 3.63) is 59.4 Å². The van der Waals surface area contributed by atoms with Gasteiger partial charge in [-0.1, -0.05) is 0 Å². The maximum atomic E-state index is 12.8. The van der Waals surface area contributed by atoms with E-state index in [-0.39, 0.29) is 5.91 Å². The number of nitrogens with zero attached hydrogens (tertiary/aromatic N) is 5. The number of hydrogen-bond acceptors (Lipinski definition) is 6. The van der Waals surface area contributed by atoms with Crippen LogP contribution in [0.2, 0.25) is 0 Å². The van der Waals surface area contributed by atoms with Crippen molar-refractivity contribution in [3.63, 3.8) is 0 Å². The van der Waals surface area contributed by atoms with Crippen molar-refractivity contribution in [2.75, 3.05) is 64.2 Å². The summed E-state index contributed by atoms with van der Waals surface area (Å²) in [5.41, 5.74) is 13.4. The molecule has 0 unspecified atom stereocenters. The standard InChI is InChI=1S/C32H46N8O/c1-23-29(24(2)40(36-23)18-16-34-15-13-33)22-32(41)35-14-7-8-17-39-30-20-27(37(3)4)11-9-25(30)19-26-10-12-28(38(5)6)21-31(26)39/h9-12,19-21,34H,7-8,13-18,22,33H2,1-6H3/p+1. The molecule has 220 valence electrons. The molecule has 9 heteroatoms. The van der Waals surface area contributed by atoms with Crippen LogP contribution in [0.5, 0.6) is 0 Å². The Bertz CT molecular complexity index is 1420. The molecule has 9 nitrogen and oxygen atoms in total. The molecule has 0 aliphatic carbocycles. The number of unbranched alkanes of at least 4 members (excludes halogenated alkanes) is 1. The predicted molar refractivity (Wildman–Crippen MR) is 170 cm³/mol. The molecule has 0 atom stereocenters. The maximum Gasteiger partial charge on any atom is 0.224 e. The molecule has 0 aliphatic heterocycles. The third-order valence-corrected chi connectivity index (χ3v) is 7.77. The molecule has 0 aliphatic rings. The predicted octanol–water partition coefficient (Wildman–Crippen LogP) is 2.91. The molecule has 4 aromatic rings. The first kappa shape index (κ1) is 30.3. The Morgan fingerprint density at radius 2 is 1.54 bits per heavy atom. The van der Waals surface area contributed by atoms with Crippen molar-refractivity contribution < 1.29 is 9.36 Å². The highest BCUT2D eigenvalue weighted by molar-refractivity contribution is 5.91. The van der Waals surface area contributed by atoms with Gasteiger partial charge in [-0.25, -0.2) is 0 Å². The second-order valence-electron chi connectivity index (χ2n) is 11.2. The quantitative estimate of drug-likeness (QED) is 0.125. The van der Waals surface area contributed by atoms with Crippen LogP contribution >= 0.6 is 0 Å². The number of aromatic nitrogens is 3. The summed E-state index contributed by atoms with van der Waals surface area (Å²) in [6.45, 7) is 8.54. The van der Waals surface area contributed by atoms with E-state index in [1.165, 1.54) is 33.2 Å². The van der Waals surface area contributed by atoms with E-state index >= 15 is 0 Å². The van der Waals surface area contributed by atoms with Gasteiger partial charge in [0.05, 0.1) is 18.7 Å². The van der Waals surface area contributed by atoms with E-state index in [1.807, 2.05) is 18.5 Å². The van der Waals surface area contributed by atoms with Crippen LogP contribution < -0.4 is 30.7 Å². The van der Waals surface area contributed by atoms with E-state index < -0.39 is 0 Å². The van der Waals surface area contributed by atoms with Crippen molar-refractivity contribution in [3.8, 4) is 0 Å². The van der Waals surface area contributed by atoms with Crippen LogP contribution in [0.15, 0.2) is 42.5 Å². The van der Waals surface area contributed by atoms with Gasteiger partial charge in [0.15, 0.2) is 0 Å². The fraction of sp³-hybridized carbons (Fsp3) is 0.469. The number of nitrogens with one attached hydrogen (secondary N) is 2. The molecule has 0 spiro atoms. The fourth-order valence-corrected chi connectivity index (χ4v) is 5.34. The van der Waals surface area contributed by atoms with Crippen molar-refractivity contribution in [1.82, 2.24) is 20.4 Å². The number of rotatable bonds is 14. The normalized spacial score (nSPS) is 11.4. The molecule has 41 heavy (non-hydrogen) atoms. The van der Waals surface area contributed by atoms with Crippen molar-refractivity contribution >= 4 is 39.1 Å². The monoisotopic (exact) mass is 559 g/mol. The number of anilines is 2. The Morgan fingerprint density at radius 1 is 0.902 bits per heavy atom. The smallest absolute Gasteiger partial charge is 0.224 e. The minimum Gasteiger partial charge on any atom is -0.377 e. The Morgan fingerprint density at radius 3 is 2.12 bits per heavy atom. The lowest BCUT2D eigenvalue weighted by Gasteiger charge is -2.15. The van der Waals surface area contributed by atoms with E-state index in [0.29, 0.717) is 19.5 Å². The third kappa shape index (κ3) is 7.34. The van der Waals surface area contributed by atoms with Crippen LogP contribution in [0, 0.1) is 13.8 Å². The SMILES string of the molecule is Cc1nn(CCNCCN)c(C)c1CC(=O)NCCCC[n+]1c2cc(N(C)C)ccc2cc2ccc(N(C)C)cc21. The van der Waals surface area contributed by atoms with Gasteiger partial charge in [0.2, 0.25) is 16.9 Å². The minimum atomic E-state index is 0.0477. The van der Waals surface area contributed by atoms with E-state index in [1.54, 1.807) is 0 Å². The summed E-state index contributed by atoms with van der Waals surface area (Å²) >= 11 is 0. The van der Waals surface area contributed by atoms with Crippen molar-refractivity contribution in [1.29, 1.82) is 0 Å². The molecule has 4 N–H and O–H groups in total. The first-order valence-corrected chi connectivity index (χ1v) is 14.6. The molecular formula is C32H47N8O+. The molecule has 1 amide bonds. The topological polar surface area (TPSA) is 95.3 Å². The number of aryl methyl sites for hydroxylation is 2. The average molecular weight is 560 g/mol. The van der Waals surface area contributed by atoms with Gasteiger partial charge in [0.1, 0.15) is 6.54 Å². The third-order valence-electron chi connectivity index (χ3n) is 7.77. The summed E-state index contributed by atoms with van der Waals surface area (Å²) in [6.07, 6.45) is 2.22. The minimum absolute atomic E-state index is 0.0477. The lowest BCUT2D eigenvalue weighted by Crippen LogP contribution is -2.36. The van der Waals surface area contributed by atoms with Gasteiger partial charge in [-0.15, -0.1) is 0 Å². The van der Waals surface area contributed by atoms with Crippen LogP contribution in [0.3, 0.4) is 0 Å². The van der Waals surface area contributed by atoms with E-state index in [4.69, 9.17) is 5.73 Å². The van der Waals surface area contributed by atoms with E-state index in [0.717, 1.165) is 56.0 Å². The molecule has 0 radical (unpaired) electrons. The lowest BCUT2D eigenvalue weighted by atomic mass is 10.1. The zero-order valence-corrected chi connectivity index (χ0v) is 25.6. The van der Waals surface area contributed by atoms with Gasteiger partial charge in [-0.3, -0.25) is 9.48 Å². The summed E-state index contributed by atoms with van der Waals surface area (Å²) in [5, 5.41) is 13.5. The summed E-state index contributed by atoms with van der Waals surface area (Å²) < 4.78 is 4.42. The van der Waals surface area contributed by atoms with E-state index in [9.17, 15) is 4.79 Å². The summed E-state index contributed by atoms with van der Waals surface area (Å²) in [4.78, 5) is 17.1. The first-order chi connectivity index (χ1) is 19.7. The molecular weight excluding hydrogens is 512 g/mol. The Hall–Kier alpha value is -3.69. The molecule has 0 saturated carbocycles. The van der Waals surface area contributed by atoms with Gasteiger partial charge in [0, 0.05) is 106 Å². The summed E-state index contributed by atoms with van der Waals surface area (Å²) in [5.74, 6) is 0.0477. The van der Waals surface area contributed by atoms with Crippen LogP contribution in [0.1, 0.15) is 29.8 Å². The molecule has 2 aromatic heterocycles. The van der Waals surface area contributed by atoms with Crippen molar-refractivity contribution in [2.45, 2.75) is 46.2 Å². The highest BCUT2D eigenvalue weighted by Crippen LogP contribution is 2.25. The van der Waals surface area contributed by atoms with Crippen LogP contribution in [0.25, 0.3) is 21.8 Å². The Kier molecular flexibility index (Phi) is 10.2. The zero-order valence-electron chi connectivity index (χ0n) is 25.6. The summed E-state index contributed by atoms with van der Waals surface area (Å²) in [6, 6.07) is 15.6. The second kappa shape index (κ2) is 13.8. The number of amides is 1. The molecule has 2 heterocycles. The number of pyridine rings is 1. The van der Waals surface area contributed by atoms with Gasteiger partial charge in [-0.05, 0) is 50.6 Å². The van der Waals surface area contributed by atoms with Crippen LogP contribution in [-0.2, 0) is 24.3 Å². The van der Waals surface area contributed by atoms with Crippen LogP contribution in [0.4, 0.5) is 11.4 Å². The Labute approximate surface area is 244 Å². The largest absolute Gasteiger partial charge is 0.377 e. The molecule has 0 saturated heterocycles. The van der Waals surface area contributed by atoms with Gasteiger partial charge >= 0.3 is 0 Å².